The summed E-state index contributed by atoms with van der Waals surface area (Å²) in [6, 6.07) is -0.975. The van der Waals surface area contributed by atoms with E-state index < -0.39 is 86.8 Å². The summed E-state index contributed by atoms with van der Waals surface area (Å²) in [4.78, 5) is 13.3. The van der Waals surface area contributed by atoms with Crippen molar-refractivity contribution in [1.29, 1.82) is 0 Å². The number of carbonyl (C=O) groups excluding carboxylic acids is 1. The number of hydrogen-bond acceptors (Lipinski definition) is 13. The van der Waals surface area contributed by atoms with Crippen molar-refractivity contribution in [2.24, 2.45) is 0 Å². The molecule has 96 heavy (non-hydrogen) atoms. The van der Waals surface area contributed by atoms with Gasteiger partial charge in [-0.25, -0.2) is 0 Å². The quantitative estimate of drug-likeness (QED) is 0.0204. The molecular formula is C82H139NO13. The SMILES string of the molecule is CC/C=C\C/C=C\C/C=C\C/C=C\C/C=C\C/C=C\C/C=C\C/C=C\C/C=C\CCCC(=O)NC(COC1OC(CO)C(OC2OC(CO)C(O)C(O)C2O)C(O)C1O)C(O)/C=C/CC/C=C/CCCCCCCCCCCCCCCCCCCCCCCCCCCCC. The number of aliphatic hydroxyl groups is 8. The van der Waals surface area contributed by atoms with Crippen LogP contribution in [-0.2, 0) is 23.7 Å². The smallest absolute Gasteiger partial charge is 0.220 e. The number of rotatable bonds is 62. The maximum absolute atomic E-state index is 13.3. The summed E-state index contributed by atoms with van der Waals surface area (Å²) in [7, 11) is 0. The van der Waals surface area contributed by atoms with Crippen molar-refractivity contribution in [3.05, 3.63) is 134 Å². The van der Waals surface area contributed by atoms with Gasteiger partial charge in [0, 0.05) is 6.42 Å². The molecule has 0 bridgehead atoms. The highest BCUT2D eigenvalue weighted by Crippen LogP contribution is 2.30. The Morgan fingerprint density at radius 1 is 0.385 bits per heavy atom. The summed E-state index contributed by atoms with van der Waals surface area (Å²) in [5, 5.41) is 87.5. The van der Waals surface area contributed by atoms with Gasteiger partial charge in [-0.15, -0.1) is 0 Å². The molecule has 0 aliphatic carbocycles. The van der Waals surface area contributed by atoms with Crippen molar-refractivity contribution in [3.8, 4) is 0 Å². The summed E-state index contributed by atoms with van der Waals surface area (Å²) < 4.78 is 22.8. The number of hydrogen-bond donors (Lipinski definition) is 9. The minimum absolute atomic E-state index is 0.185. The molecule has 14 heteroatoms. The lowest BCUT2D eigenvalue weighted by molar-refractivity contribution is -0.359. The average Bonchev–Trinajstić information content (AvgIpc) is 0.854. The molecule has 0 spiro atoms. The number of nitrogens with one attached hydrogen (secondary N) is 1. The van der Waals surface area contributed by atoms with Gasteiger partial charge in [-0.2, -0.15) is 0 Å². The van der Waals surface area contributed by atoms with Crippen LogP contribution in [0.25, 0.3) is 0 Å². The predicted octanol–water partition coefficient (Wildman–Crippen LogP) is 17.0. The van der Waals surface area contributed by atoms with Crippen LogP contribution >= 0.6 is 0 Å². The van der Waals surface area contributed by atoms with Gasteiger partial charge in [-0.3, -0.25) is 4.79 Å². The van der Waals surface area contributed by atoms with Crippen LogP contribution in [0, 0.1) is 0 Å². The number of unbranched alkanes of at least 4 members (excludes halogenated alkanes) is 29. The van der Waals surface area contributed by atoms with Crippen LogP contribution in [0.2, 0.25) is 0 Å². The highest BCUT2D eigenvalue weighted by Gasteiger charge is 2.51. The molecule has 0 saturated carbocycles. The molecule has 550 valence electrons. The van der Waals surface area contributed by atoms with Crippen LogP contribution in [0.4, 0.5) is 0 Å². The fraction of sp³-hybridized carbons (Fsp3) is 0.720. The third kappa shape index (κ3) is 47.2. The zero-order chi connectivity index (χ0) is 69.4. The van der Waals surface area contributed by atoms with Crippen LogP contribution in [0.3, 0.4) is 0 Å². The normalized spacial score (nSPS) is 23.0. The summed E-state index contributed by atoms with van der Waals surface area (Å²) >= 11 is 0. The number of carbonyl (C=O) groups is 1. The van der Waals surface area contributed by atoms with Crippen molar-refractivity contribution >= 4 is 5.91 Å². The van der Waals surface area contributed by atoms with E-state index in [-0.39, 0.29) is 18.9 Å². The molecule has 14 nitrogen and oxygen atoms in total. The van der Waals surface area contributed by atoms with Gasteiger partial charge in [0.2, 0.25) is 5.91 Å². The Kier molecular flexibility index (Phi) is 59.3. The monoisotopic (exact) mass is 1350 g/mol. The first-order valence-corrected chi connectivity index (χ1v) is 38.4. The Bertz CT molecular complexity index is 2130. The lowest BCUT2D eigenvalue weighted by Gasteiger charge is -2.46. The second-order valence-electron chi connectivity index (χ2n) is 26.4. The zero-order valence-electron chi connectivity index (χ0n) is 60.1. The van der Waals surface area contributed by atoms with Crippen molar-refractivity contribution in [2.45, 2.75) is 357 Å². The Balaban J connectivity index is 1.70. The molecule has 0 aromatic carbocycles. The van der Waals surface area contributed by atoms with Gasteiger partial charge in [-0.05, 0) is 96.3 Å². The Morgan fingerprint density at radius 2 is 0.729 bits per heavy atom. The fourth-order valence-electron chi connectivity index (χ4n) is 11.8. The van der Waals surface area contributed by atoms with Gasteiger partial charge in [0.25, 0.3) is 0 Å². The standard InChI is InChI=1S/C82H139NO13/c1-3-5-7-9-11-13-15-17-19-21-23-25-27-29-31-33-34-35-36-38-39-41-43-45-47-49-51-53-55-57-59-61-63-65-71(86)70(69-93-81-79(92)77(90)80(73(68-85)95-81)96-82-78(91)76(89)75(88)72(67-84)94-82)83-74(87)66-64-62-60-58-56-54-52-50-48-46-44-42-40-37-32-30-28-26-24-22-20-18-16-14-12-10-8-6-4-2/h6,8,12,14,18,20,24,26,30,32,40,42,46,48,52,54-55,57-58,60,63,65,70-73,75-82,84-86,88-92H,3-5,7,9-11,13,15-17,19,21-23,25,27-29,31,33-39,41,43-45,47,49-51,53,56,59,61-62,64,66-69H2,1-2H3,(H,83,87)/b8-6-,14-12-,20-18-,26-24-,32-30-,42-40-,48-46-,54-52-,57-55+,60-58-,65-63+. The van der Waals surface area contributed by atoms with E-state index in [1.165, 1.54) is 173 Å². The molecule has 9 N–H and O–H groups in total. The zero-order valence-corrected chi connectivity index (χ0v) is 60.1. The van der Waals surface area contributed by atoms with Crippen molar-refractivity contribution in [3.63, 3.8) is 0 Å². The van der Waals surface area contributed by atoms with Crippen LogP contribution in [0.1, 0.15) is 284 Å². The predicted molar refractivity (Wildman–Crippen MR) is 396 cm³/mol. The van der Waals surface area contributed by atoms with Crippen molar-refractivity contribution in [2.75, 3.05) is 19.8 Å². The topological polar surface area (TPSA) is 228 Å². The van der Waals surface area contributed by atoms with E-state index in [0.717, 1.165) is 70.6 Å². The second kappa shape index (κ2) is 64.5. The molecule has 12 atom stereocenters. The van der Waals surface area contributed by atoms with Crippen LogP contribution in [0.15, 0.2) is 134 Å². The maximum atomic E-state index is 13.3. The highest BCUT2D eigenvalue weighted by molar-refractivity contribution is 5.76. The van der Waals surface area contributed by atoms with Gasteiger partial charge in [-0.1, -0.05) is 314 Å². The van der Waals surface area contributed by atoms with E-state index in [1.54, 1.807) is 6.08 Å². The maximum Gasteiger partial charge on any atom is 0.220 e. The molecule has 0 aromatic heterocycles. The molecular weight excluding hydrogens is 1210 g/mol. The van der Waals surface area contributed by atoms with Gasteiger partial charge in [0.05, 0.1) is 32.0 Å². The van der Waals surface area contributed by atoms with E-state index in [1.807, 2.05) is 12.2 Å². The van der Waals surface area contributed by atoms with E-state index >= 15 is 0 Å². The highest BCUT2D eigenvalue weighted by atomic mass is 16.7. The minimum Gasteiger partial charge on any atom is -0.394 e. The number of amides is 1. The number of allylic oxidation sites excluding steroid dienone is 21. The average molecular weight is 1350 g/mol. The van der Waals surface area contributed by atoms with E-state index in [9.17, 15) is 45.6 Å². The van der Waals surface area contributed by atoms with E-state index in [0.29, 0.717) is 19.3 Å². The third-order valence-electron chi connectivity index (χ3n) is 17.8. The first kappa shape index (κ1) is 88.2. The molecule has 0 aromatic rings. The van der Waals surface area contributed by atoms with Crippen molar-refractivity contribution < 1.29 is 64.6 Å². The second-order valence-corrected chi connectivity index (χ2v) is 26.4. The van der Waals surface area contributed by atoms with E-state index in [4.69, 9.17) is 18.9 Å². The fourth-order valence-corrected chi connectivity index (χ4v) is 11.8. The molecule has 2 saturated heterocycles. The Hall–Kier alpha value is -3.87. The molecule has 12 unspecified atom stereocenters. The van der Waals surface area contributed by atoms with Gasteiger partial charge < -0.3 is 65.1 Å². The third-order valence-corrected chi connectivity index (χ3v) is 17.8. The van der Waals surface area contributed by atoms with Crippen molar-refractivity contribution in [1.82, 2.24) is 5.32 Å². The van der Waals surface area contributed by atoms with Crippen LogP contribution in [-0.4, -0.2) is 140 Å². The molecule has 2 fully saturated rings. The Morgan fingerprint density at radius 3 is 1.15 bits per heavy atom. The first-order chi connectivity index (χ1) is 47.1. The lowest BCUT2D eigenvalue weighted by Crippen LogP contribution is -2.65. The molecule has 0 radical (unpaired) electrons. The lowest BCUT2D eigenvalue weighted by atomic mass is 9.97. The first-order valence-electron chi connectivity index (χ1n) is 38.4. The molecule has 2 heterocycles. The largest absolute Gasteiger partial charge is 0.394 e. The van der Waals surface area contributed by atoms with Gasteiger partial charge in [0.1, 0.15) is 48.8 Å². The van der Waals surface area contributed by atoms with Crippen LogP contribution < -0.4 is 5.32 Å². The summed E-state index contributed by atoms with van der Waals surface area (Å²) in [6.45, 7) is 2.65. The van der Waals surface area contributed by atoms with E-state index in [2.05, 4.69) is 135 Å². The number of ether oxygens (including phenoxy) is 4. The van der Waals surface area contributed by atoms with Gasteiger partial charge in [0.15, 0.2) is 12.6 Å². The minimum atomic E-state index is -1.81. The van der Waals surface area contributed by atoms with Gasteiger partial charge >= 0.3 is 0 Å². The number of aliphatic hydroxyl groups excluding tert-OH is 8. The molecule has 2 rings (SSSR count). The molecule has 1 amide bonds. The summed E-state index contributed by atoms with van der Waals surface area (Å²) in [6.07, 6.45) is 79.6. The summed E-state index contributed by atoms with van der Waals surface area (Å²) in [5.74, 6) is -0.310. The molecule has 2 aliphatic rings. The van der Waals surface area contributed by atoms with Crippen LogP contribution in [0.5, 0.6) is 0 Å². The summed E-state index contributed by atoms with van der Waals surface area (Å²) in [5.41, 5.74) is 0. The Labute approximate surface area is 583 Å². The molecule has 2 aliphatic heterocycles.